The van der Waals surface area contributed by atoms with Gasteiger partial charge in [-0.2, -0.15) is 0 Å². The second-order valence-electron chi connectivity index (χ2n) is 27.6. The Morgan fingerprint density at radius 1 is 0.303 bits per heavy atom. The predicted octanol–water partition coefficient (Wildman–Crippen LogP) is 23.4. The van der Waals surface area contributed by atoms with Crippen molar-refractivity contribution in [1.29, 1.82) is 0 Å². The number of aromatic nitrogens is 2. The smallest absolute Gasteiger partial charge is 0.252 e. The highest BCUT2D eigenvalue weighted by Gasteiger charge is 2.45. The molecule has 0 aliphatic carbocycles. The Bertz CT molecular complexity index is 7540. The SMILES string of the molecule is [2H]c1c([2H])c([2H])c(-c2ccc3c(c2)N(c2cccc4c2oc2c(-c5ccc(C(C)(C)C)cc5)cccc24)c2cc(-n4c5c([2H])c([2H])c([2H])c([2H])c5c5c([2H])c([2H])c([2H])c([2H])c54)cc4c2B3c2ccc(-n3c5c([2H])c([2H])c([2H])c([2H])c5c5c([2H])c([2H])c([2H])c([2H])c53)cc2N4c2cccc3c2oc2c(-c4ccc(C(C)(C)C)cc4)cccc23)c([2H])c1[2H]. The van der Waals surface area contributed by atoms with Crippen LogP contribution in [0.1, 0.15) is 81.5 Å². The highest BCUT2D eigenvalue weighted by Crippen LogP contribution is 2.52. The molecule has 7 heteroatoms. The number of nitrogens with zero attached hydrogens (tertiary/aromatic N) is 4. The van der Waals surface area contributed by atoms with Gasteiger partial charge in [0.15, 0.2) is 11.2 Å². The molecule has 6 heterocycles. The van der Waals surface area contributed by atoms with Crippen LogP contribution in [0.3, 0.4) is 0 Å². The fourth-order valence-electron chi connectivity index (χ4n) is 15.4. The summed E-state index contributed by atoms with van der Waals surface area (Å²) in [4.78, 5) is 3.89. The van der Waals surface area contributed by atoms with Gasteiger partial charge in [-0.05, 0) is 127 Å². The van der Waals surface area contributed by atoms with Gasteiger partial charge >= 0.3 is 0 Å². The molecule has 0 amide bonds. The van der Waals surface area contributed by atoms with Crippen LogP contribution in [-0.2, 0) is 10.8 Å². The van der Waals surface area contributed by atoms with E-state index in [2.05, 4.69) is 90.1 Å². The molecule has 0 saturated carbocycles. The van der Waals surface area contributed by atoms with Crippen molar-refractivity contribution < 1.29 is 37.6 Å². The highest BCUT2D eigenvalue weighted by molar-refractivity contribution is 7.00. The van der Waals surface area contributed by atoms with Crippen LogP contribution < -0.4 is 26.2 Å². The molecule has 6 nitrogen and oxygen atoms in total. The number of anilines is 6. The Morgan fingerprint density at radius 3 is 1.13 bits per heavy atom. The average Bonchev–Trinajstić information content (AvgIpc) is 1.29. The Hall–Kier alpha value is -12.1. The summed E-state index contributed by atoms with van der Waals surface area (Å²) < 4.78 is 216. The van der Waals surface area contributed by atoms with Crippen molar-refractivity contribution in [1.82, 2.24) is 9.13 Å². The van der Waals surface area contributed by atoms with Crippen LogP contribution in [0.15, 0.2) is 306 Å². The summed E-state index contributed by atoms with van der Waals surface area (Å²) >= 11 is 0. The van der Waals surface area contributed by atoms with Gasteiger partial charge in [-0.3, -0.25) is 0 Å². The Kier molecular flexibility index (Phi) is 8.54. The van der Waals surface area contributed by atoms with E-state index in [0.717, 1.165) is 44.2 Å². The van der Waals surface area contributed by atoms with E-state index in [4.69, 9.17) is 15.7 Å². The maximum atomic E-state index is 10.0. The second-order valence-corrected chi connectivity index (χ2v) is 27.6. The van der Waals surface area contributed by atoms with Crippen LogP contribution in [0, 0.1) is 0 Å². The number of fused-ring (bicyclic) bond motifs is 16. The minimum Gasteiger partial charge on any atom is -0.453 e. The van der Waals surface area contributed by atoms with Crippen LogP contribution in [0.4, 0.5) is 34.1 Å². The largest absolute Gasteiger partial charge is 0.453 e. The molecule has 470 valence electrons. The first kappa shape index (κ1) is 39.9. The molecular weight excluding hydrogens is 1200 g/mol. The molecule has 0 spiro atoms. The van der Waals surface area contributed by atoms with Crippen LogP contribution >= 0.6 is 0 Å². The first-order chi connectivity index (χ1) is 57.1. The molecule has 0 atom stereocenters. The lowest BCUT2D eigenvalue weighted by molar-refractivity contribution is 0.590. The molecule has 2 aliphatic heterocycles. The topological polar surface area (TPSA) is 42.6 Å². The molecule has 4 aromatic heterocycles. The summed E-state index contributed by atoms with van der Waals surface area (Å²) in [5.74, 6) is 0. The van der Waals surface area contributed by atoms with Gasteiger partial charge in [0.1, 0.15) is 11.2 Å². The summed E-state index contributed by atoms with van der Waals surface area (Å²) in [5, 5.41) is 2.03. The van der Waals surface area contributed by atoms with Crippen molar-refractivity contribution in [3.8, 4) is 44.8 Å². The second kappa shape index (κ2) is 21.2. The van der Waals surface area contributed by atoms with Gasteiger partial charge in [0.2, 0.25) is 0 Å². The molecule has 0 saturated heterocycles. The third kappa shape index (κ3) is 8.56. The monoisotopic (exact) mass is 1290 g/mol. The first-order valence-corrected chi connectivity index (χ1v) is 32.9. The van der Waals surface area contributed by atoms with E-state index >= 15 is 0 Å². The predicted molar refractivity (Wildman–Crippen MR) is 417 cm³/mol. The fourth-order valence-corrected chi connectivity index (χ4v) is 15.4. The number of hydrogen-bond acceptors (Lipinski definition) is 4. The minimum absolute atomic E-state index is 0.0716. The summed E-state index contributed by atoms with van der Waals surface area (Å²) in [7, 11) is 0. The van der Waals surface area contributed by atoms with E-state index in [1.807, 2.05) is 94.7 Å². The number of hydrogen-bond donors (Lipinski definition) is 0. The molecule has 20 rings (SSSR count). The van der Waals surface area contributed by atoms with Crippen LogP contribution in [0.5, 0.6) is 0 Å². The van der Waals surface area contributed by atoms with Gasteiger partial charge in [-0.15, -0.1) is 0 Å². The number of rotatable bonds is 7. The Morgan fingerprint density at radius 2 is 0.677 bits per heavy atom. The van der Waals surface area contributed by atoms with Crippen LogP contribution in [-0.4, -0.2) is 15.8 Å². The molecule has 0 N–H and O–H groups in total. The standard InChI is InChI=1S/C92H67BN4O2/c1-91(2,3)60-45-40-57(41-46-60)64-28-18-30-70-72-32-20-38-80(89(72)98-87(64)70)96-82-52-59(56-22-8-7-9-23-56)44-50-74(82)93-75-51-49-62(94-76-34-14-10-24-66(76)67-25-11-15-35-77(67)94)53-83(75)97(85-55-63(54-84(96)86(85)93)95-78-36-16-12-26-68(78)69-27-13-17-37-79(69)95)81-39-21-33-73-71-31-19-29-65(88(71)99-90(73)81)58-42-47-61(48-43-58)92(4,5)6/h7-55H,1-6H3/i7D,8D,9D,10D,11D,12D,13D,14D,15D,16D,17D,22D,23D,24D,25D,26D,27D,34D,35D,36D,37D. The van der Waals surface area contributed by atoms with Gasteiger partial charge in [0.05, 0.1) is 67.9 Å². The van der Waals surface area contributed by atoms with E-state index < -0.39 is 134 Å². The molecule has 99 heavy (non-hydrogen) atoms. The molecule has 2 aliphatic rings. The van der Waals surface area contributed by atoms with Crippen molar-refractivity contribution >= 4 is 145 Å². The van der Waals surface area contributed by atoms with E-state index in [1.54, 1.807) is 36.4 Å². The van der Waals surface area contributed by atoms with E-state index in [0.29, 0.717) is 83.6 Å². The van der Waals surface area contributed by atoms with Crippen molar-refractivity contribution in [3.63, 3.8) is 0 Å². The van der Waals surface area contributed by atoms with Gasteiger partial charge in [-0.25, -0.2) is 0 Å². The molecule has 0 fully saturated rings. The lowest BCUT2D eigenvalue weighted by Gasteiger charge is -2.44. The number of furan rings is 2. The zero-order chi connectivity index (χ0) is 84.4. The third-order valence-electron chi connectivity index (χ3n) is 20.0. The van der Waals surface area contributed by atoms with Gasteiger partial charge < -0.3 is 27.8 Å². The number of benzene rings is 14. The van der Waals surface area contributed by atoms with Crippen LogP contribution in [0.2, 0.25) is 0 Å². The van der Waals surface area contributed by atoms with Gasteiger partial charge in [0.25, 0.3) is 6.71 Å². The summed E-state index contributed by atoms with van der Waals surface area (Å²) in [6, 6.07) is 41.4. The average molecular weight is 1290 g/mol. The zero-order valence-corrected chi connectivity index (χ0v) is 54.3. The quantitative estimate of drug-likeness (QED) is 0.149. The minimum atomic E-state index is -0.986. The maximum Gasteiger partial charge on any atom is 0.252 e. The van der Waals surface area contributed by atoms with Gasteiger partial charge in [0, 0.05) is 82.7 Å². The Labute approximate surface area is 604 Å². The Balaban J connectivity index is 0.985. The molecule has 18 aromatic rings. The summed E-state index contributed by atoms with van der Waals surface area (Å²) in [5.41, 5.74) is 10.2. The van der Waals surface area contributed by atoms with Crippen molar-refractivity contribution in [2.75, 3.05) is 9.80 Å². The highest BCUT2D eigenvalue weighted by atomic mass is 16.3. The number of para-hydroxylation sites is 8. The fraction of sp³-hybridized carbons (Fsp3) is 0.0870. The van der Waals surface area contributed by atoms with Crippen molar-refractivity contribution in [2.45, 2.75) is 52.4 Å². The summed E-state index contributed by atoms with van der Waals surface area (Å²) in [6.07, 6.45) is 0. The zero-order valence-electron chi connectivity index (χ0n) is 75.3. The first-order valence-electron chi connectivity index (χ1n) is 43.4. The summed E-state index contributed by atoms with van der Waals surface area (Å²) in [6.45, 7) is 11.9. The lowest BCUT2D eigenvalue weighted by Crippen LogP contribution is -2.61. The lowest BCUT2D eigenvalue weighted by atomic mass is 9.33. The third-order valence-corrected chi connectivity index (χ3v) is 20.0. The van der Waals surface area contributed by atoms with Crippen LogP contribution in [0.25, 0.3) is 132 Å². The van der Waals surface area contributed by atoms with Gasteiger partial charge in [-0.1, -0.05) is 272 Å². The molecule has 0 unspecified atom stereocenters. The van der Waals surface area contributed by atoms with E-state index in [1.165, 1.54) is 9.13 Å². The molecule has 0 radical (unpaired) electrons. The normalized spacial score (nSPS) is 16.1. The van der Waals surface area contributed by atoms with Crippen molar-refractivity contribution in [3.05, 3.63) is 308 Å². The maximum absolute atomic E-state index is 10.0. The molecular formula is C92H67BN4O2. The molecule has 14 aromatic carbocycles. The van der Waals surface area contributed by atoms with E-state index in [9.17, 15) is 21.9 Å². The van der Waals surface area contributed by atoms with Crippen molar-refractivity contribution in [2.24, 2.45) is 0 Å². The molecule has 0 bridgehead atoms. The van der Waals surface area contributed by atoms with E-state index in [-0.39, 0.29) is 76.9 Å².